The number of carboxylic acids is 1. The number of nitrogens with two attached hydrogens (primary N) is 1. The lowest BCUT2D eigenvalue weighted by Gasteiger charge is -2.12. The van der Waals surface area contributed by atoms with E-state index in [0.717, 1.165) is 0 Å². The zero-order valence-electron chi connectivity index (χ0n) is 7.82. The van der Waals surface area contributed by atoms with Crippen LogP contribution in [0.4, 0.5) is 0 Å². The van der Waals surface area contributed by atoms with Crippen molar-refractivity contribution in [1.29, 1.82) is 0 Å². The largest absolute Gasteiger partial charge is 0.480 e. The summed E-state index contributed by atoms with van der Waals surface area (Å²) in [5.41, 5.74) is 5.28. The summed E-state index contributed by atoms with van der Waals surface area (Å²) < 4.78 is 4.44. The van der Waals surface area contributed by atoms with Gasteiger partial charge in [0.1, 0.15) is 6.04 Å². The van der Waals surface area contributed by atoms with Crippen LogP contribution in [-0.2, 0) is 14.3 Å². The van der Waals surface area contributed by atoms with Crippen LogP contribution in [0.3, 0.4) is 0 Å². The first-order valence-corrected chi connectivity index (χ1v) is 4.02. The van der Waals surface area contributed by atoms with E-state index in [9.17, 15) is 9.59 Å². The van der Waals surface area contributed by atoms with E-state index < -0.39 is 12.0 Å². The third-order valence-electron chi connectivity index (χ3n) is 1.72. The van der Waals surface area contributed by atoms with Gasteiger partial charge in [0.05, 0.1) is 7.11 Å². The number of ether oxygens (including phenoxy) is 1. The molecule has 0 aliphatic rings. The van der Waals surface area contributed by atoms with Crippen LogP contribution < -0.4 is 5.73 Å². The Hall–Kier alpha value is -1.10. The van der Waals surface area contributed by atoms with Crippen LogP contribution in [0.5, 0.6) is 0 Å². The Bertz CT molecular complexity index is 193. The van der Waals surface area contributed by atoms with Gasteiger partial charge in [-0.2, -0.15) is 0 Å². The fourth-order valence-electron chi connectivity index (χ4n) is 0.985. The number of hydrogen-bond donors (Lipinski definition) is 2. The van der Waals surface area contributed by atoms with E-state index >= 15 is 0 Å². The monoisotopic (exact) mass is 189 g/mol. The van der Waals surface area contributed by atoms with Gasteiger partial charge in [0.25, 0.3) is 0 Å². The predicted octanol–water partition coefficient (Wildman–Crippen LogP) is -0.0124. The third kappa shape index (κ3) is 5.19. The van der Waals surface area contributed by atoms with Crippen LogP contribution in [0.2, 0.25) is 0 Å². The summed E-state index contributed by atoms with van der Waals surface area (Å²) in [7, 11) is 1.30. The molecule has 76 valence electrons. The number of methoxy groups -OCH3 is 1. The molecule has 0 aliphatic heterocycles. The van der Waals surface area contributed by atoms with Gasteiger partial charge >= 0.3 is 11.9 Å². The molecule has 0 rings (SSSR count). The van der Waals surface area contributed by atoms with Gasteiger partial charge in [-0.25, -0.2) is 0 Å². The van der Waals surface area contributed by atoms with E-state index in [-0.39, 0.29) is 24.7 Å². The Morgan fingerprint density at radius 2 is 2.08 bits per heavy atom. The SMILES string of the molecule is COC(=O)C[C@@H](C)C[C@@H](N)C(=O)O. The van der Waals surface area contributed by atoms with Crippen LogP contribution >= 0.6 is 0 Å². The smallest absolute Gasteiger partial charge is 0.320 e. The Balaban J connectivity index is 3.80. The molecule has 13 heavy (non-hydrogen) atoms. The van der Waals surface area contributed by atoms with Crippen molar-refractivity contribution in [1.82, 2.24) is 0 Å². The lowest BCUT2D eigenvalue weighted by atomic mass is 9.99. The summed E-state index contributed by atoms with van der Waals surface area (Å²) in [6.07, 6.45) is 0.488. The third-order valence-corrected chi connectivity index (χ3v) is 1.72. The molecule has 5 heteroatoms. The first-order valence-electron chi connectivity index (χ1n) is 4.02. The molecule has 5 nitrogen and oxygen atoms in total. The molecule has 0 radical (unpaired) electrons. The fraction of sp³-hybridized carbons (Fsp3) is 0.750. The minimum absolute atomic E-state index is 0.0708. The van der Waals surface area contributed by atoms with Gasteiger partial charge in [0.2, 0.25) is 0 Å². The molecular formula is C8H15NO4. The quantitative estimate of drug-likeness (QED) is 0.593. The molecule has 0 aromatic heterocycles. The molecule has 0 bridgehead atoms. The average Bonchev–Trinajstić information content (AvgIpc) is 2.03. The van der Waals surface area contributed by atoms with Crippen molar-refractivity contribution in [2.45, 2.75) is 25.8 Å². The molecular weight excluding hydrogens is 174 g/mol. The number of carbonyl (C=O) groups excluding carboxylic acids is 1. The molecule has 0 amide bonds. The van der Waals surface area contributed by atoms with Crippen LogP contribution in [0.25, 0.3) is 0 Å². The van der Waals surface area contributed by atoms with Gasteiger partial charge in [-0.15, -0.1) is 0 Å². The first kappa shape index (κ1) is 11.9. The molecule has 0 aromatic carbocycles. The zero-order valence-corrected chi connectivity index (χ0v) is 7.82. The number of aliphatic carboxylic acids is 1. The molecule has 0 unspecified atom stereocenters. The second-order valence-corrected chi connectivity index (χ2v) is 3.07. The van der Waals surface area contributed by atoms with Crippen molar-refractivity contribution < 1.29 is 19.4 Å². The van der Waals surface area contributed by atoms with E-state index in [0.29, 0.717) is 0 Å². The summed E-state index contributed by atoms with van der Waals surface area (Å²) in [5, 5.41) is 8.48. The average molecular weight is 189 g/mol. The minimum Gasteiger partial charge on any atom is -0.480 e. The zero-order chi connectivity index (χ0) is 10.4. The predicted molar refractivity (Wildman–Crippen MR) is 46.0 cm³/mol. The highest BCUT2D eigenvalue weighted by Gasteiger charge is 2.17. The van der Waals surface area contributed by atoms with Crippen molar-refractivity contribution in [2.24, 2.45) is 11.7 Å². The maximum atomic E-state index is 10.8. The topological polar surface area (TPSA) is 89.6 Å². The van der Waals surface area contributed by atoms with Crippen molar-refractivity contribution in [3.05, 3.63) is 0 Å². The van der Waals surface area contributed by atoms with Gasteiger partial charge in [-0.1, -0.05) is 6.92 Å². The highest BCUT2D eigenvalue weighted by Crippen LogP contribution is 2.10. The minimum atomic E-state index is -1.04. The van der Waals surface area contributed by atoms with Crippen molar-refractivity contribution >= 4 is 11.9 Å². The van der Waals surface area contributed by atoms with E-state index in [2.05, 4.69) is 4.74 Å². The van der Waals surface area contributed by atoms with Crippen LogP contribution in [0, 0.1) is 5.92 Å². The highest BCUT2D eigenvalue weighted by atomic mass is 16.5. The van der Waals surface area contributed by atoms with Crippen molar-refractivity contribution in [2.75, 3.05) is 7.11 Å². The molecule has 0 fully saturated rings. The summed E-state index contributed by atoms with van der Waals surface area (Å²) in [5.74, 6) is -1.46. The van der Waals surface area contributed by atoms with Gasteiger partial charge < -0.3 is 15.6 Å². The standard InChI is InChI=1S/C8H15NO4/c1-5(4-7(10)13-2)3-6(9)8(11)12/h5-6H,3-4,9H2,1-2H3,(H,11,12)/t5-,6+/m0/s1. The number of rotatable bonds is 5. The normalized spacial score (nSPS) is 14.7. The molecule has 0 aromatic rings. The lowest BCUT2D eigenvalue weighted by molar-refractivity contribution is -0.143. The Labute approximate surface area is 76.9 Å². The second-order valence-electron chi connectivity index (χ2n) is 3.07. The Morgan fingerprint density at radius 1 is 1.54 bits per heavy atom. The maximum Gasteiger partial charge on any atom is 0.320 e. The first-order chi connectivity index (χ1) is 5.97. The van der Waals surface area contributed by atoms with Gasteiger partial charge in [0.15, 0.2) is 0 Å². The van der Waals surface area contributed by atoms with Crippen LogP contribution in [0.15, 0.2) is 0 Å². The molecule has 3 N–H and O–H groups in total. The summed E-state index contributed by atoms with van der Waals surface area (Å²) >= 11 is 0. The maximum absolute atomic E-state index is 10.8. The summed E-state index contributed by atoms with van der Waals surface area (Å²) in [6, 6.07) is -0.903. The van der Waals surface area contributed by atoms with E-state index in [4.69, 9.17) is 10.8 Å². The molecule has 0 saturated carbocycles. The number of carbonyl (C=O) groups is 2. The lowest BCUT2D eigenvalue weighted by Crippen LogP contribution is -2.32. The molecule has 0 saturated heterocycles. The summed E-state index contributed by atoms with van der Waals surface area (Å²) in [4.78, 5) is 21.1. The Kier molecular flexibility index (Phi) is 5.06. The number of carboxylic acid groups (broad SMARTS) is 1. The van der Waals surface area contributed by atoms with E-state index in [1.54, 1.807) is 6.92 Å². The molecule has 0 heterocycles. The van der Waals surface area contributed by atoms with E-state index in [1.165, 1.54) is 7.11 Å². The molecule has 0 spiro atoms. The van der Waals surface area contributed by atoms with Crippen molar-refractivity contribution in [3.63, 3.8) is 0 Å². The number of esters is 1. The number of hydrogen-bond acceptors (Lipinski definition) is 4. The molecule has 0 aliphatic carbocycles. The van der Waals surface area contributed by atoms with Crippen LogP contribution in [-0.4, -0.2) is 30.2 Å². The fourth-order valence-corrected chi connectivity index (χ4v) is 0.985. The van der Waals surface area contributed by atoms with Crippen molar-refractivity contribution in [3.8, 4) is 0 Å². The molecule has 2 atom stereocenters. The van der Waals surface area contributed by atoms with Gasteiger partial charge in [-0.05, 0) is 12.3 Å². The van der Waals surface area contributed by atoms with Crippen LogP contribution in [0.1, 0.15) is 19.8 Å². The highest BCUT2D eigenvalue weighted by molar-refractivity contribution is 5.73. The second kappa shape index (κ2) is 5.53. The summed E-state index contributed by atoms with van der Waals surface area (Å²) in [6.45, 7) is 1.76. The Morgan fingerprint density at radius 3 is 2.46 bits per heavy atom. The van der Waals surface area contributed by atoms with Gasteiger partial charge in [0, 0.05) is 6.42 Å². The van der Waals surface area contributed by atoms with Gasteiger partial charge in [-0.3, -0.25) is 9.59 Å². The van der Waals surface area contributed by atoms with E-state index in [1.807, 2.05) is 0 Å².